The molecule has 0 N–H and O–H groups in total. The van der Waals surface area contributed by atoms with Crippen molar-refractivity contribution in [3.8, 4) is 0 Å². The molecule has 0 amide bonds. The largest absolute Gasteiger partial charge is 0.451 e. The van der Waals surface area contributed by atoms with Gasteiger partial charge in [0, 0.05) is 11.8 Å². The third-order valence-corrected chi connectivity index (χ3v) is 5.44. The number of halogens is 1. The molecule has 3 aromatic rings. The Morgan fingerprint density at radius 1 is 1.33 bits per heavy atom. The Hall–Kier alpha value is -1.87. The summed E-state index contributed by atoms with van der Waals surface area (Å²) in [6, 6.07) is 12.0. The number of aryl methyl sites for hydroxylation is 1. The molecule has 0 radical (unpaired) electrons. The lowest BCUT2D eigenvalue weighted by Crippen LogP contribution is -2.42. The maximum atomic E-state index is 12.7. The van der Waals surface area contributed by atoms with Crippen molar-refractivity contribution in [3.05, 3.63) is 71.2 Å². The van der Waals surface area contributed by atoms with Gasteiger partial charge in [0.25, 0.3) is 5.56 Å². The van der Waals surface area contributed by atoms with Crippen molar-refractivity contribution in [1.82, 2.24) is 4.57 Å². The van der Waals surface area contributed by atoms with Crippen LogP contribution in [-0.2, 0) is 6.67 Å². The van der Waals surface area contributed by atoms with E-state index in [1.807, 2.05) is 24.3 Å². The Morgan fingerprint density at radius 2 is 2.21 bits per heavy atom. The molecule has 1 aliphatic heterocycles. The van der Waals surface area contributed by atoms with Gasteiger partial charge in [-0.25, -0.2) is 4.99 Å². The average molecular weight is 451 g/mol. The van der Waals surface area contributed by atoms with Crippen LogP contribution in [0.2, 0.25) is 0 Å². The zero-order valence-corrected chi connectivity index (χ0v) is 15.9. The van der Waals surface area contributed by atoms with Gasteiger partial charge in [0.2, 0.25) is 0 Å². The highest BCUT2D eigenvalue weighted by atomic mass is 127. The quantitative estimate of drug-likeness (QED) is 0.562. The van der Waals surface area contributed by atoms with Gasteiger partial charge in [0.05, 0.1) is 4.53 Å². The van der Waals surface area contributed by atoms with Crippen molar-refractivity contribution in [1.29, 1.82) is 0 Å². The number of fused-ring (bicyclic) bond motifs is 1. The fourth-order valence-electron chi connectivity index (χ4n) is 2.63. The summed E-state index contributed by atoms with van der Waals surface area (Å²) in [5.41, 5.74) is 2.24. The van der Waals surface area contributed by atoms with Crippen molar-refractivity contribution in [2.75, 3.05) is 11.6 Å². The first kappa shape index (κ1) is 15.6. The van der Waals surface area contributed by atoms with Gasteiger partial charge in [0.1, 0.15) is 19.1 Å². The van der Waals surface area contributed by atoms with Crippen LogP contribution in [0.4, 0.5) is 5.69 Å². The molecule has 0 bridgehead atoms. The lowest BCUT2D eigenvalue weighted by molar-refractivity contribution is 0.528. The van der Waals surface area contributed by atoms with E-state index in [9.17, 15) is 4.79 Å². The van der Waals surface area contributed by atoms with E-state index in [-0.39, 0.29) is 5.56 Å². The van der Waals surface area contributed by atoms with Crippen molar-refractivity contribution < 1.29 is 4.42 Å². The van der Waals surface area contributed by atoms with Crippen molar-refractivity contribution in [3.63, 3.8) is 0 Å². The van der Waals surface area contributed by atoms with E-state index >= 15 is 0 Å². The molecule has 4 rings (SSSR count). The minimum Gasteiger partial charge on any atom is -0.451 e. The van der Waals surface area contributed by atoms with E-state index in [0.717, 1.165) is 14.3 Å². The van der Waals surface area contributed by atoms with E-state index in [2.05, 4.69) is 51.5 Å². The average Bonchev–Trinajstić information content (AvgIpc) is 3.11. The summed E-state index contributed by atoms with van der Waals surface area (Å²) in [5.74, 6) is 0.686. The Balaban J connectivity index is 1.73. The Morgan fingerprint density at radius 3 is 2.96 bits per heavy atom. The lowest BCUT2D eigenvalue weighted by atomic mass is 10.2. The first-order valence-corrected chi connectivity index (χ1v) is 9.32. The summed E-state index contributed by atoms with van der Waals surface area (Å²) in [6.45, 7) is 3.13. The maximum Gasteiger partial charge on any atom is 0.271 e. The van der Waals surface area contributed by atoms with Crippen LogP contribution < -0.4 is 19.8 Å². The second-order valence-corrected chi connectivity index (χ2v) is 7.66. The van der Waals surface area contributed by atoms with Gasteiger partial charge in [-0.1, -0.05) is 23.5 Å². The molecule has 7 heteroatoms. The van der Waals surface area contributed by atoms with Crippen LogP contribution in [0.15, 0.2) is 50.6 Å². The molecule has 24 heavy (non-hydrogen) atoms. The third-order valence-electron chi connectivity index (χ3n) is 3.81. The zero-order valence-electron chi connectivity index (χ0n) is 12.9. The molecule has 0 aliphatic carbocycles. The number of aromatic nitrogens is 1. The second kappa shape index (κ2) is 6.21. The number of furan rings is 1. The van der Waals surface area contributed by atoms with Crippen molar-refractivity contribution in [2.45, 2.75) is 13.6 Å². The van der Waals surface area contributed by atoms with Gasteiger partial charge in [-0.2, -0.15) is 0 Å². The Bertz CT molecular complexity index is 1080. The summed E-state index contributed by atoms with van der Waals surface area (Å²) < 4.78 is 8.69. The predicted molar refractivity (Wildman–Crippen MR) is 103 cm³/mol. The van der Waals surface area contributed by atoms with Crippen LogP contribution in [0.3, 0.4) is 0 Å². The van der Waals surface area contributed by atoms with E-state index in [1.165, 1.54) is 16.9 Å². The number of anilines is 1. The molecule has 0 unspecified atom stereocenters. The van der Waals surface area contributed by atoms with E-state index < -0.39 is 0 Å². The Kier molecular flexibility index (Phi) is 4.05. The number of rotatable bonds is 2. The minimum absolute atomic E-state index is 0.0255. The molecule has 2 aromatic heterocycles. The van der Waals surface area contributed by atoms with E-state index in [1.54, 1.807) is 10.6 Å². The normalized spacial score (nSPS) is 14.6. The fourth-order valence-corrected chi connectivity index (χ4v) is 4.01. The number of hydrogen-bond donors (Lipinski definition) is 0. The lowest BCUT2D eigenvalue weighted by Gasteiger charge is -2.25. The van der Waals surface area contributed by atoms with Gasteiger partial charge in [0.15, 0.2) is 8.57 Å². The molecular weight excluding hydrogens is 437 g/mol. The monoisotopic (exact) mass is 451 g/mol. The molecule has 0 atom stereocenters. The fraction of sp³-hybridized carbons (Fsp3) is 0.176. The topological polar surface area (TPSA) is 50.7 Å². The molecular formula is C17H14IN3O2S. The zero-order chi connectivity index (χ0) is 16.7. The highest BCUT2D eigenvalue weighted by molar-refractivity contribution is 14.1. The van der Waals surface area contributed by atoms with Crippen LogP contribution in [0.25, 0.3) is 6.08 Å². The minimum atomic E-state index is -0.0255. The number of nitrogens with zero attached hydrogens (tertiary/aromatic N) is 3. The van der Waals surface area contributed by atoms with E-state index in [0.29, 0.717) is 23.6 Å². The summed E-state index contributed by atoms with van der Waals surface area (Å²) in [6.07, 6.45) is 1.78. The molecule has 5 nitrogen and oxygen atoms in total. The first-order valence-electron chi connectivity index (χ1n) is 7.43. The van der Waals surface area contributed by atoms with E-state index in [4.69, 9.17) is 4.42 Å². The number of thiazole rings is 1. The highest BCUT2D eigenvalue weighted by Crippen LogP contribution is 2.17. The Labute approximate surface area is 155 Å². The third kappa shape index (κ3) is 2.93. The molecule has 0 saturated carbocycles. The van der Waals surface area contributed by atoms with Crippen LogP contribution in [0.1, 0.15) is 11.3 Å². The maximum absolute atomic E-state index is 12.7. The van der Waals surface area contributed by atoms with Gasteiger partial charge < -0.3 is 9.32 Å². The second-order valence-electron chi connectivity index (χ2n) is 5.59. The summed E-state index contributed by atoms with van der Waals surface area (Å²) >= 11 is 3.51. The summed E-state index contributed by atoms with van der Waals surface area (Å²) in [7, 11) is 0. The van der Waals surface area contributed by atoms with Crippen LogP contribution in [-0.4, -0.2) is 11.2 Å². The summed E-state index contributed by atoms with van der Waals surface area (Å²) in [4.78, 5) is 20.1. The standard InChI is InChI=1S/C17H14IN3O2S/c1-11-3-2-4-12(7-11)20-9-19-17-21(10-20)16(22)14(24-17)8-13-5-6-15(18)23-13/h2-8H,9-10H2,1H3. The van der Waals surface area contributed by atoms with Crippen LogP contribution in [0, 0.1) is 10.7 Å². The molecule has 0 spiro atoms. The number of benzene rings is 1. The van der Waals surface area contributed by atoms with Gasteiger partial charge in [-0.15, -0.1) is 0 Å². The van der Waals surface area contributed by atoms with Gasteiger partial charge >= 0.3 is 0 Å². The molecule has 3 heterocycles. The SMILES string of the molecule is Cc1cccc(N2CN=c3sc(=Cc4ccc(I)o4)c(=O)n3C2)c1. The summed E-state index contributed by atoms with van der Waals surface area (Å²) in [5, 5.41) is 0. The smallest absolute Gasteiger partial charge is 0.271 e. The number of hydrogen-bond acceptors (Lipinski definition) is 5. The van der Waals surface area contributed by atoms with Gasteiger partial charge in [-0.3, -0.25) is 9.36 Å². The van der Waals surface area contributed by atoms with Crippen LogP contribution in [0.5, 0.6) is 0 Å². The highest BCUT2D eigenvalue weighted by Gasteiger charge is 2.16. The van der Waals surface area contributed by atoms with Crippen LogP contribution >= 0.6 is 33.9 Å². The molecule has 0 saturated heterocycles. The molecule has 0 fully saturated rings. The molecule has 1 aromatic carbocycles. The molecule has 122 valence electrons. The van der Waals surface area contributed by atoms with Gasteiger partial charge in [-0.05, 0) is 59.3 Å². The predicted octanol–water partition coefficient (Wildman–Crippen LogP) is 2.30. The molecule has 1 aliphatic rings. The van der Waals surface area contributed by atoms with Crippen molar-refractivity contribution in [2.24, 2.45) is 4.99 Å². The first-order chi connectivity index (χ1) is 11.6. The van der Waals surface area contributed by atoms with Crippen molar-refractivity contribution >= 4 is 45.7 Å².